The van der Waals surface area contributed by atoms with Crippen molar-refractivity contribution >= 4 is 46.0 Å². The summed E-state index contributed by atoms with van der Waals surface area (Å²) in [5.41, 5.74) is 5.37. The fraction of sp³-hybridized carbons (Fsp3) is 0.385. The Morgan fingerprint density at radius 3 is 2.25 bits per heavy atom. The van der Waals surface area contributed by atoms with Gasteiger partial charge in [0.1, 0.15) is 40.4 Å². The van der Waals surface area contributed by atoms with Crippen LogP contribution in [-0.4, -0.2) is 78.5 Å². The van der Waals surface area contributed by atoms with Gasteiger partial charge in [0, 0.05) is 72.0 Å². The van der Waals surface area contributed by atoms with E-state index in [1.807, 2.05) is 65.0 Å². The van der Waals surface area contributed by atoms with E-state index >= 15 is 0 Å². The van der Waals surface area contributed by atoms with Crippen molar-refractivity contribution in [3.05, 3.63) is 93.1 Å². The molecule has 0 bridgehead atoms. The summed E-state index contributed by atoms with van der Waals surface area (Å²) in [4.78, 5) is 22.9. The number of hydrogen-bond acceptors (Lipinski definition) is 10. The van der Waals surface area contributed by atoms with Gasteiger partial charge < -0.3 is 33.5 Å². The van der Waals surface area contributed by atoms with E-state index in [2.05, 4.69) is 15.2 Å². The standard InChI is InChI=1S/C39H42Cl2N6O6/c1-23-38-24(14-27(40)15-31(38)41)10-12-46(23)39(48)36-16-28(11-13-53-36)47-33-19-37(42-20-32(33)43-44-47)45(21-25-6-8-29(49-2)17-34(25)51-4)22-26-7-9-30(50-3)18-35(26)52-5/h6-9,14-15,17-20,23,28,36H,10-13,16,21-22H2,1-5H3/t23-,28?,36?/m0/s1. The third-order valence-electron chi connectivity index (χ3n) is 10.2. The van der Waals surface area contributed by atoms with Crippen LogP contribution in [0.1, 0.15) is 54.1 Å². The second-order valence-corrected chi connectivity index (χ2v) is 14.1. The first-order valence-corrected chi connectivity index (χ1v) is 18.2. The average molecular weight is 762 g/mol. The van der Waals surface area contributed by atoms with Gasteiger partial charge in [-0.05, 0) is 67.3 Å². The summed E-state index contributed by atoms with van der Waals surface area (Å²) in [5, 5.41) is 10.2. The number of aromatic nitrogens is 4. The Hall–Kier alpha value is -4.78. The zero-order valence-electron chi connectivity index (χ0n) is 30.3. The van der Waals surface area contributed by atoms with Crippen LogP contribution in [0.4, 0.5) is 5.82 Å². The minimum Gasteiger partial charge on any atom is -0.497 e. The lowest BCUT2D eigenvalue weighted by molar-refractivity contribution is -0.150. The van der Waals surface area contributed by atoms with Crippen molar-refractivity contribution in [1.82, 2.24) is 24.9 Å². The molecule has 1 saturated heterocycles. The van der Waals surface area contributed by atoms with Gasteiger partial charge in [0.15, 0.2) is 0 Å². The van der Waals surface area contributed by atoms with Crippen molar-refractivity contribution in [2.24, 2.45) is 0 Å². The van der Waals surface area contributed by atoms with E-state index < -0.39 is 6.10 Å². The first kappa shape index (κ1) is 36.6. The highest BCUT2D eigenvalue weighted by Gasteiger charge is 2.37. The van der Waals surface area contributed by atoms with E-state index in [1.165, 1.54) is 0 Å². The Kier molecular flexibility index (Phi) is 10.8. The lowest BCUT2D eigenvalue weighted by Crippen LogP contribution is -2.47. The van der Waals surface area contributed by atoms with Crippen molar-refractivity contribution in [2.45, 2.75) is 57.5 Å². The van der Waals surface area contributed by atoms with Gasteiger partial charge in [0.2, 0.25) is 0 Å². The number of carbonyl (C=O) groups excluding carboxylic acids is 1. The van der Waals surface area contributed by atoms with Crippen molar-refractivity contribution < 1.29 is 28.5 Å². The SMILES string of the molecule is COc1ccc(CN(Cc2ccc(OC)cc2OC)c2cc3c(cn2)nnn3C2CCOC(C(=O)N3CCc4cc(Cl)cc(Cl)c4[C@@H]3C)C2)c(OC)c1. The van der Waals surface area contributed by atoms with Crippen molar-refractivity contribution in [3.63, 3.8) is 0 Å². The molecule has 1 fully saturated rings. The Labute approximate surface area is 318 Å². The van der Waals surface area contributed by atoms with Crippen molar-refractivity contribution in [2.75, 3.05) is 46.5 Å². The number of nitrogens with zero attached hydrogens (tertiary/aromatic N) is 6. The molecule has 0 saturated carbocycles. The number of methoxy groups -OCH3 is 4. The van der Waals surface area contributed by atoms with Gasteiger partial charge in [0.05, 0.1) is 52.2 Å². The van der Waals surface area contributed by atoms with Gasteiger partial charge in [-0.3, -0.25) is 4.79 Å². The lowest BCUT2D eigenvalue weighted by Gasteiger charge is -2.39. The van der Waals surface area contributed by atoms with Gasteiger partial charge in [-0.15, -0.1) is 5.10 Å². The predicted octanol–water partition coefficient (Wildman–Crippen LogP) is 7.24. The summed E-state index contributed by atoms with van der Waals surface area (Å²) < 4.78 is 30.5. The van der Waals surface area contributed by atoms with E-state index in [-0.39, 0.29) is 18.0 Å². The third kappa shape index (κ3) is 7.40. The molecule has 7 rings (SSSR count). The highest BCUT2D eigenvalue weighted by Crippen LogP contribution is 2.39. The van der Waals surface area contributed by atoms with Gasteiger partial charge in [-0.25, -0.2) is 9.67 Å². The number of fused-ring (bicyclic) bond motifs is 2. The second kappa shape index (κ2) is 15.7. The average Bonchev–Trinajstić information content (AvgIpc) is 3.61. The van der Waals surface area contributed by atoms with Crippen LogP contribution < -0.4 is 23.8 Å². The smallest absolute Gasteiger partial charge is 0.252 e. The highest BCUT2D eigenvalue weighted by molar-refractivity contribution is 6.35. The fourth-order valence-corrected chi connectivity index (χ4v) is 8.12. The van der Waals surface area contributed by atoms with Gasteiger partial charge in [-0.1, -0.05) is 28.4 Å². The number of halogens is 2. The minimum atomic E-state index is -0.633. The molecular weight excluding hydrogens is 719 g/mol. The van der Waals surface area contributed by atoms with Crippen LogP contribution in [0.2, 0.25) is 10.0 Å². The fourth-order valence-electron chi connectivity index (χ4n) is 7.43. The molecule has 2 aromatic heterocycles. The molecule has 3 atom stereocenters. The number of anilines is 1. The third-order valence-corrected chi connectivity index (χ3v) is 10.8. The molecule has 5 aromatic rings. The molecule has 0 radical (unpaired) electrons. The molecule has 2 aliphatic rings. The summed E-state index contributed by atoms with van der Waals surface area (Å²) in [5.74, 6) is 3.43. The molecule has 0 spiro atoms. The van der Waals surface area contributed by atoms with Crippen LogP contribution in [0.3, 0.4) is 0 Å². The predicted molar refractivity (Wildman–Crippen MR) is 203 cm³/mol. The molecular formula is C39H42Cl2N6O6. The van der Waals surface area contributed by atoms with E-state index in [4.69, 9.17) is 51.9 Å². The van der Waals surface area contributed by atoms with Crippen LogP contribution in [0, 0.1) is 0 Å². The molecule has 53 heavy (non-hydrogen) atoms. The number of benzene rings is 3. The van der Waals surface area contributed by atoms with Crippen molar-refractivity contribution in [3.8, 4) is 23.0 Å². The molecule has 4 heterocycles. The zero-order chi connectivity index (χ0) is 37.2. The minimum absolute atomic E-state index is 0.0568. The Bertz CT molecular complexity index is 2070. The summed E-state index contributed by atoms with van der Waals surface area (Å²) in [7, 11) is 6.55. The number of carbonyl (C=O) groups is 1. The summed E-state index contributed by atoms with van der Waals surface area (Å²) in [6, 6.07) is 16.9. The maximum Gasteiger partial charge on any atom is 0.252 e. The summed E-state index contributed by atoms with van der Waals surface area (Å²) >= 11 is 12.9. The number of hydrogen-bond donors (Lipinski definition) is 0. The number of amides is 1. The summed E-state index contributed by atoms with van der Waals surface area (Å²) in [6.45, 7) is 3.90. The molecule has 0 aliphatic carbocycles. The molecule has 12 nitrogen and oxygen atoms in total. The Morgan fingerprint density at radius 2 is 1.60 bits per heavy atom. The highest BCUT2D eigenvalue weighted by atomic mass is 35.5. The Morgan fingerprint density at radius 1 is 0.925 bits per heavy atom. The van der Waals surface area contributed by atoms with Gasteiger partial charge in [0.25, 0.3) is 5.91 Å². The molecule has 2 aliphatic heterocycles. The molecule has 3 aromatic carbocycles. The maximum absolute atomic E-state index is 14.0. The molecule has 1 amide bonds. The molecule has 14 heteroatoms. The number of rotatable bonds is 11. The lowest BCUT2D eigenvalue weighted by atomic mass is 9.92. The maximum atomic E-state index is 14.0. The summed E-state index contributed by atoms with van der Waals surface area (Å²) in [6.07, 6.45) is 2.91. The van der Waals surface area contributed by atoms with Gasteiger partial charge >= 0.3 is 0 Å². The quantitative estimate of drug-likeness (QED) is 0.137. The van der Waals surface area contributed by atoms with Crippen LogP contribution in [0.25, 0.3) is 11.0 Å². The second-order valence-electron chi connectivity index (χ2n) is 13.2. The van der Waals surface area contributed by atoms with Gasteiger partial charge in [-0.2, -0.15) is 0 Å². The first-order valence-electron chi connectivity index (χ1n) is 17.5. The van der Waals surface area contributed by atoms with Crippen LogP contribution >= 0.6 is 23.2 Å². The van der Waals surface area contributed by atoms with Crippen molar-refractivity contribution in [1.29, 1.82) is 0 Å². The topological polar surface area (TPSA) is 113 Å². The zero-order valence-corrected chi connectivity index (χ0v) is 31.9. The Balaban J connectivity index is 1.18. The molecule has 2 unspecified atom stereocenters. The van der Waals surface area contributed by atoms with Crippen LogP contribution in [-0.2, 0) is 29.0 Å². The van der Waals surface area contributed by atoms with E-state index in [0.29, 0.717) is 89.9 Å². The van der Waals surface area contributed by atoms with E-state index in [1.54, 1.807) is 40.7 Å². The number of ether oxygens (including phenoxy) is 5. The van der Waals surface area contributed by atoms with E-state index in [0.717, 1.165) is 27.8 Å². The van der Waals surface area contributed by atoms with Crippen LogP contribution in [0.5, 0.6) is 23.0 Å². The molecule has 0 N–H and O–H groups in total. The first-order chi connectivity index (χ1) is 25.7. The monoisotopic (exact) mass is 760 g/mol. The molecule has 278 valence electrons. The normalized spacial score (nSPS) is 18.4. The number of pyridine rings is 1. The van der Waals surface area contributed by atoms with Crippen LogP contribution in [0.15, 0.2) is 60.8 Å². The largest absolute Gasteiger partial charge is 0.497 e. The van der Waals surface area contributed by atoms with E-state index in [9.17, 15) is 4.79 Å².